The van der Waals surface area contributed by atoms with E-state index in [0.717, 1.165) is 0 Å². The highest BCUT2D eigenvalue weighted by Gasteiger charge is 2.22. The van der Waals surface area contributed by atoms with Gasteiger partial charge in [0.2, 0.25) is 0 Å². The van der Waals surface area contributed by atoms with Gasteiger partial charge >= 0.3 is 0 Å². The van der Waals surface area contributed by atoms with Gasteiger partial charge < -0.3 is 19.7 Å². The smallest absolute Gasteiger partial charge is 0.187 e. The van der Waals surface area contributed by atoms with Crippen molar-refractivity contribution >= 4 is 0 Å². The second-order valence-electron chi connectivity index (χ2n) is 2.79. The van der Waals surface area contributed by atoms with Crippen LogP contribution < -0.4 is 0 Å². The largest absolute Gasteiger partial charge is 0.504 e. The van der Waals surface area contributed by atoms with Crippen LogP contribution in [0.1, 0.15) is 11.9 Å². The summed E-state index contributed by atoms with van der Waals surface area (Å²) in [6, 6.07) is 4.70. The summed E-state index contributed by atoms with van der Waals surface area (Å²) in [4.78, 5) is 0. The van der Waals surface area contributed by atoms with E-state index in [9.17, 15) is 10.2 Å². The van der Waals surface area contributed by atoms with Gasteiger partial charge in [0.1, 0.15) is 0 Å². The molecule has 1 aromatic carbocycles. The van der Waals surface area contributed by atoms with Crippen LogP contribution in [0.4, 0.5) is 0 Å². The van der Waals surface area contributed by atoms with Gasteiger partial charge in [0, 0.05) is 0 Å². The Kier molecular flexibility index (Phi) is 2.08. The Morgan fingerprint density at radius 3 is 2.54 bits per heavy atom. The quantitative estimate of drug-likeness (QED) is 0.639. The van der Waals surface area contributed by atoms with Crippen molar-refractivity contribution in [3.63, 3.8) is 0 Å². The zero-order chi connectivity index (χ0) is 9.26. The predicted octanol–water partition coefficient (Wildman–Crippen LogP) is 1.14. The van der Waals surface area contributed by atoms with Crippen LogP contribution in [0.5, 0.6) is 11.5 Å². The second-order valence-corrected chi connectivity index (χ2v) is 2.79. The molecule has 1 saturated heterocycles. The number of rotatable bonds is 1. The van der Waals surface area contributed by atoms with Crippen molar-refractivity contribution < 1.29 is 19.7 Å². The lowest BCUT2D eigenvalue weighted by atomic mass is 10.2. The van der Waals surface area contributed by atoms with Gasteiger partial charge in [0.25, 0.3) is 0 Å². The van der Waals surface area contributed by atoms with Gasteiger partial charge in [-0.3, -0.25) is 0 Å². The number of hydrogen-bond donors (Lipinski definition) is 2. The molecule has 0 aliphatic carbocycles. The molecule has 2 rings (SSSR count). The molecule has 0 bridgehead atoms. The number of aromatic hydroxyl groups is 2. The molecule has 1 heterocycles. The molecule has 0 aromatic heterocycles. The van der Waals surface area contributed by atoms with Crippen LogP contribution in [-0.4, -0.2) is 23.4 Å². The van der Waals surface area contributed by atoms with Gasteiger partial charge in [-0.1, -0.05) is 6.07 Å². The van der Waals surface area contributed by atoms with Crippen LogP contribution in [0, 0.1) is 0 Å². The molecule has 0 saturated carbocycles. The summed E-state index contributed by atoms with van der Waals surface area (Å²) in [5.41, 5.74) is 0.470. The lowest BCUT2D eigenvalue weighted by Crippen LogP contribution is -1.97. The van der Waals surface area contributed by atoms with Gasteiger partial charge in [0.15, 0.2) is 17.8 Å². The monoisotopic (exact) mass is 182 g/mol. The molecule has 0 unspecified atom stereocenters. The average molecular weight is 182 g/mol. The molecule has 13 heavy (non-hydrogen) atoms. The highest BCUT2D eigenvalue weighted by Crippen LogP contribution is 2.35. The third-order valence-electron chi connectivity index (χ3n) is 1.92. The van der Waals surface area contributed by atoms with Gasteiger partial charge in [-0.25, -0.2) is 0 Å². The van der Waals surface area contributed by atoms with Crippen LogP contribution in [0.2, 0.25) is 0 Å². The topological polar surface area (TPSA) is 58.9 Å². The maximum absolute atomic E-state index is 9.45. The number of para-hydroxylation sites is 1. The first-order valence-corrected chi connectivity index (χ1v) is 4.03. The molecule has 1 aliphatic heterocycles. The Hall–Kier alpha value is -1.26. The number of phenols is 2. The Balaban J connectivity index is 2.33. The second kappa shape index (κ2) is 3.24. The maximum Gasteiger partial charge on any atom is 0.187 e. The fourth-order valence-electron chi connectivity index (χ4n) is 1.28. The van der Waals surface area contributed by atoms with Crippen molar-refractivity contribution in [3.05, 3.63) is 23.8 Å². The Bertz CT molecular complexity index is 304. The van der Waals surface area contributed by atoms with E-state index in [1.165, 1.54) is 6.07 Å². The highest BCUT2D eigenvalue weighted by molar-refractivity contribution is 5.44. The van der Waals surface area contributed by atoms with Crippen molar-refractivity contribution in [2.75, 3.05) is 13.2 Å². The lowest BCUT2D eigenvalue weighted by Gasteiger charge is -2.11. The average Bonchev–Trinajstić information content (AvgIpc) is 2.62. The van der Waals surface area contributed by atoms with E-state index in [1.54, 1.807) is 12.1 Å². The zero-order valence-electron chi connectivity index (χ0n) is 6.93. The molecule has 1 fully saturated rings. The van der Waals surface area contributed by atoms with Crippen LogP contribution in [0.25, 0.3) is 0 Å². The molecule has 70 valence electrons. The third kappa shape index (κ3) is 1.46. The van der Waals surface area contributed by atoms with Gasteiger partial charge in [-0.2, -0.15) is 0 Å². The Morgan fingerprint density at radius 2 is 1.85 bits per heavy atom. The first-order valence-electron chi connectivity index (χ1n) is 4.03. The number of benzene rings is 1. The normalized spacial score (nSPS) is 17.8. The van der Waals surface area contributed by atoms with E-state index in [1.807, 2.05) is 0 Å². The highest BCUT2D eigenvalue weighted by atomic mass is 16.7. The first kappa shape index (κ1) is 8.34. The third-order valence-corrected chi connectivity index (χ3v) is 1.92. The Morgan fingerprint density at radius 1 is 1.15 bits per heavy atom. The summed E-state index contributed by atoms with van der Waals surface area (Å²) >= 11 is 0. The zero-order valence-corrected chi connectivity index (χ0v) is 6.93. The minimum Gasteiger partial charge on any atom is -0.504 e. The molecule has 0 spiro atoms. The molecular weight excluding hydrogens is 172 g/mol. The van der Waals surface area contributed by atoms with Crippen LogP contribution in [0.15, 0.2) is 18.2 Å². The summed E-state index contributed by atoms with van der Waals surface area (Å²) in [7, 11) is 0. The van der Waals surface area contributed by atoms with Crippen molar-refractivity contribution in [2.45, 2.75) is 6.29 Å². The van der Waals surface area contributed by atoms with E-state index in [2.05, 4.69) is 0 Å². The number of ether oxygens (including phenoxy) is 2. The summed E-state index contributed by atoms with van der Waals surface area (Å²) in [5, 5.41) is 18.6. The summed E-state index contributed by atoms with van der Waals surface area (Å²) in [6.07, 6.45) is -0.549. The SMILES string of the molecule is Oc1cccc(C2OCCO2)c1O. The first-order chi connectivity index (χ1) is 6.29. The maximum atomic E-state index is 9.45. The van der Waals surface area contributed by atoms with Crippen molar-refractivity contribution in [2.24, 2.45) is 0 Å². The number of phenolic OH excluding ortho intramolecular Hbond substituents is 2. The van der Waals surface area contributed by atoms with Gasteiger partial charge in [-0.05, 0) is 12.1 Å². The fourth-order valence-corrected chi connectivity index (χ4v) is 1.28. The van der Waals surface area contributed by atoms with E-state index in [4.69, 9.17) is 9.47 Å². The molecule has 1 aromatic rings. The molecule has 4 heteroatoms. The molecule has 0 amide bonds. The molecule has 0 atom stereocenters. The van der Waals surface area contributed by atoms with E-state index >= 15 is 0 Å². The molecular formula is C9H10O4. The summed E-state index contributed by atoms with van der Waals surface area (Å²) < 4.78 is 10.4. The molecule has 4 nitrogen and oxygen atoms in total. The lowest BCUT2D eigenvalue weighted by molar-refractivity contribution is -0.0456. The van der Waals surface area contributed by atoms with E-state index in [-0.39, 0.29) is 11.5 Å². The van der Waals surface area contributed by atoms with Crippen molar-refractivity contribution in [3.8, 4) is 11.5 Å². The minimum atomic E-state index is -0.549. The van der Waals surface area contributed by atoms with E-state index < -0.39 is 6.29 Å². The molecule has 0 radical (unpaired) electrons. The number of hydrogen-bond acceptors (Lipinski definition) is 4. The van der Waals surface area contributed by atoms with Gasteiger partial charge in [-0.15, -0.1) is 0 Å². The van der Waals surface area contributed by atoms with Crippen LogP contribution in [0.3, 0.4) is 0 Å². The molecule has 2 N–H and O–H groups in total. The standard InChI is InChI=1S/C9H10O4/c10-7-3-1-2-6(8(7)11)9-12-4-5-13-9/h1-3,9-11H,4-5H2. The fraction of sp³-hybridized carbons (Fsp3) is 0.333. The van der Waals surface area contributed by atoms with Gasteiger partial charge in [0.05, 0.1) is 18.8 Å². The molecule has 1 aliphatic rings. The van der Waals surface area contributed by atoms with Crippen LogP contribution >= 0.6 is 0 Å². The Labute approximate surface area is 75.3 Å². The minimum absolute atomic E-state index is 0.156. The summed E-state index contributed by atoms with van der Waals surface area (Å²) in [5.74, 6) is -0.328. The van der Waals surface area contributed by atoms with Crippen molar-refractivity contribution in [1.82, 2.24) is 0 Å². The predicted molar refractivity (Wildman–Crippen MR) is 44.4 cm³/mol. The van der Waals surface area contributed by atoms with E-state index in [0.29, 0.717) is 18.8 Å². The van der Waals surface area contributed by atoms with Crippen molar-refractivity contribution in [1.29, 1.82) is 0 Å². The van der Waals surface area contributed by atoms with Crippen LogP contribution in [-0.2, 0) is 9.47 Å². The summed E-state index contributed by atoms with van der Waals surface area (Å²) in [6.45, 7) is 1.03.